The molecule has 0 fully saturated rings. The summed E-state index contributed by atoms with van der Waals surface area (Å²) < 4.78 is 5.84. The quantitative estimate of drug-likeness (QED) is 0.793. The summed E-state index contributed by atoms with van der Waals surface area (Å²) in [6.45, 7) is 14.3. The Morgan fingerprint density at radius 2 is 1.86 bits per heavy atom. The maximum atomic E-state index is 5.84. The normalized spacial score (nSPS) is 15.2. The molecule has 0 amide bonds. The standard InChI is InChI=1S/C19H33NO/c1-8-20-17(18(21-7)19(4,5)6)16-11-9-10-15(13-16)12-14(2)3/h9-11,13-14,17-18,20H,8,12H2,1-7H3. The van der Waals surface area contributed by atoms with Crippen molar-refractivity contribution in [2.45, 2.75) is 60.1 Å². The van der Waals surface area contributed by atoms with Crippen molar-refractivity contribution in [1.82, 2.24) is 5.32 Å². The third kappa shape index (κ3) is 5.44. The van der Waals surface area contributed by atoms with Gasteiger partial charge in [-0.15, -0.1) is 0 Å². The Morgan fingerprint density at radius 1 is 1.19 bits per heavy atom. The highest BCUT2D eigenvalue weighted by Crippen LogP contribution is 2.33. The average Bonchev–Trinajstić information content (AvgIpc) is 2.36. The first-order chi connectivity index (χ1) is 9.79. The molecule has 0 bridgehead atoms. The van der Waals surface area contributed by atoms with Crippen LogP contribution in [-0.4, -0.2) is 19.8 Å². The SMILES string of the molecule is CCNC(c1cccc(CC(C)C)c1)C(OC)C(C)(C)C. The van der Waals surface area contributed by atoms with E-state index in [9.17, 15) is 0 Å². The van der Waals surface area contributed by atoms with E-state index in [4.69, 9.17) is 4.74 Å². The van der Waals surface area contributed by atoms with E-state index in [1.54, 1.807) is 0 Å². The van der Waals surface area contributed by atoms with E-state index in [2.05, 4.69) is 71.1 Å². The summed E-state index contributed by atoms with van der Waals surface area (Å²) in [6, 6.07) is 9.19. The molecule has 120 valence electrons. The molecule has 1 aromatic carbocycles. The molecule has 2 atom stereocenters. The zero-order valence-corrected chi connectivity index (χ0v) is 14.9. The Kier molecular flexibility index (Phi) is 6.89. The molecule has 1 N–H and O–H groups in total. The summed E-state index contributed by atoms with van der Waals surface area (Å²) in [4.78, 5) is 0. The number of hydrogen-bond donors (Lipinski definition) is 1. The van der Waals surface area contributed by atoms with Gasteiger partial charge < -0.3 is 10.1 Å². The van der Waals surface area contributed by atoms with Gasteiger partial charge >= 0.3 is 0 Å². The molecule has 2 unspecified atom stereocenters. The third-order valence-corrected chi connectivity index (χ3v) is 3.79. The van der Waals surface area contributed by atoms with Crippen LogP contribution in [0.2, 0.25) is 0 Å². The summed E-state index contributed by atoms with van der Waals surface area (Å²) in [7, 11) is 1.82. The predicted molar refractivity (Wildman–Crippen MR) is 91.7 cm³/mol. The molecule has 0 aromatic heterocycles. The number of rotatable bonds is 7. The summed E-state index contributed by atoms with van der Waals surface area (Å²) >= 11 is 0. The number of likely N-dealkylation sites (N-methyl/N-ethyl adjacent to an activating group) is 1. The van der Waals surface area contributed by atoms with E-state index in [1.165, 1.54) is 11.1 Å². The van der Waals surface area contributed by atoms with Crippen LogP contribution in [0, 0.1) is 11.3 Å². The number of methoxy groups -OCH3 is 1. The van der Waals surface area contributed by atoms with Crippen molar-refractivity contribution in [1.29, 1.82) is 0 Å². The second kappa shape index (κ2) is 7.95. The van der Waals surface area contributed by atoms with E-state index in [1.807, 2.05) is 7.11 Å². The summed E-state index contributed by atoms with van der Waals surface area (Å²) in [5.74, 6) is 0.679. The molecule has 0 aliphatic carbocycles. The largest absolute Gasteiger partial charge is 0.379 e. The monoisotopic (exact) mass is 291 g/mol. The lowest BCUT2D eigenvalue weighted by molar-refractivity contribution is -0.0116. The summed E-state index contributed by atoms with van der Waals surface area (Å²) in [5, 5.41) is 3.61. The lowest BCUT2D eigenvalue weighted by Crippen LogP contribution is -2.41. The van der Waals surface area contributed by atoms with E-state index < -0.39 is 0 Å². The molecular formula is C19H33NO. The molecule has 0 aliphatic rings. The Balaban J connectivity index is 3.10. The molecule has 0 saturated carbocycles. The van der Waals surface area contributed by atoms with Gasteiger partial charge in [-0.25, -0.2) is 0 Å². The maximum absolute atomic E-state index is 5.84. The minimum absolute atomic E-state index is 0.0929. The number of hydrogen-bond acceptors (Lipinski definition) is 2. The highest BCUT2D eigenvalue weighted by atomic mass is 16.5. The third-order valence-electron chi connectivity index (χ3n) is 3.79. The van der Waals surface area contributed by atoms with Crippen LogP contribution in [0.25, 0.3) is 0 Å². The summed E-state index contributed by atoms with van der Waals surface area (Å²) in [5.41, 5.74) is 2.83. The summed E-state index contributed by atoms with van der Waals surface area (Å²) in [6.07, 6.45) is 1.27. The number of benzene rings is 1. The second-order valence-electron chi connectivity index (χ2n) is 7.40. The molecule has 0 radical (unpaired) electrons. The maximum Gasteiger partial charge on any atom is 0.0814 e. The molecule has 1 aromatic rings. The molecule has 2 nitrogen and oxygen atoms in total. The van der Waals surface area contributed by atoms with Crippen molar-refractivity contribution >= 4 is 0 Å². The van der Waals surface area contributed by atoms with Gasteiger partial charge in [0, 0.05) is 7.11 Å². The molecular weight excluding hydrogens is 258 g/mol. The minimum Gasteiger partial charge on any atom is -0.379 e. The predicted octanol–water partition coefficient (Wildman–Crippen LogP) is 4.60. The van der Waals surface area contributed by atoms with E-state index >= 15 is 0 Å². The Labute approximate surface area is 131 Å². The molecule has 21 heavy (non-hydrogen) atoms. The molecule has 0 aliphatic heterocycles. The highest BCUT2D eigenvalue weighted by molar-refractivity contribution is 5.27. The van der Waals surface area contributed by atoms with Gasteiger partial charge in [-0.3, -0.25) is 0 Å². The fourth-order valence-corrected chi connectivity index (χ4v) is 2.99. The highest BCUT2D eigenvalue weighted by Gasteiger charge is 2.33. The zero-order chi connectivity index (χ0) is 16.0. The van der Waals surface area contributed by atoms with Crippen LogP contribution < -0.4 is 5.32 Å². The van der Waals surface area contributed by atoms with Crippen molar-refractivity contribution in [3.63, 3.8) is 0 Å². The minimum atomic E-state index is 0.0929. The van der Waals surface area contributed by atoms with Crippen molar-refractivity contribution < 1.29 is 4.74 Å². The van der Waals surface area contributed by atoms with Crippen LogP contribution in [0.3, 0.4) is 0 Å². The smallest absolute Gasteiger partial charge is 0.0814 e. The number of ether oxygens (including phenoxy) is 1. The van der Waals surface area contributed by atoms with Crippen LogP contribution in [-0.2, 0) is 11.2 Å². The van der Waals surface area contributed by atoms with E-state index in [0.29, 0.717) is 5.92 Å². The van der Waals surface area contributed by atoms with E-state index in [-0.39, 0.29) is 17.6 Å². The molecule has 0 spiro atoms. The first-order valence-corrected chi connectivity index (χ1v) is 8.14. The first-order valence-electron chi connectivity index (χ1n) is 8.14. The topological polar surface area (TPSA) is 21.3 Å². The van der Waals surface area contributed by atoms with Crippen molar-refractivity contribution in [2.75, 3.05) is 13.7 Å². The van der Waals surface area contributed by atoms with Crippen molar-refractivity contribution in [3.8, 4) is 0 Å². The lowest BCUT2D eigenvalue weighted by Gasteiger charge is -2.37. The molecule has 1 rings (SSSR count). The van der Waals surface area contributed by atoms with Crippen LogP contribution in [0.4, 0.5) is 0 Å². The van der Waals surface area contributed by atoms with Gasteiger partial charge in [0.1, 0.15) is 0 Å². The second-order valence-corrected chi connectivity index (χ2v) is 7.40. The van der Waals surface area contributed by atoms with E-state index in [0.717, 1.165) is 13.0 Å². The van der Waals surface area contributed by atoms with Crippen molar-refractivity contribution in [3.05, 3.63) is 35.4 Å². The van der Waals surface area contributed by atoms with Gasteiger partial charge in [0.2, 0.25) is 0 Å². The van der Waals surface area contributed by atoms with Crippen LogP contribution >= 0.6 is 0 Å². The Morgan fingerprint density at radius 3 is 2.33 bits per heavy atom. The zero-order valence-electron chi connectivity index (χ0n) is 14.9. The average molecular weight is 291 g/mol. The lowest BCUT2D eigenvalue weighted by atomic mass is 9.81. The van der Waals surface area contributed by atoms with Gasteiger partial charge in [0.25, 0.3) is 0 Å². The Bertz CT molecular complexity index is 420. The first kappa shape index (κ1) is 18.2. The molecule has 0 heterocycles. The fraction of sp³-hybridized carbons (Fsp3) is 0.684. The van der Waals surface area contributed by atoms with Crippen molar-refractivity contribution in [2.24, 2.45) is 11.3 Å². The van der Waals surface area contributed by atoms with Crippen LogP contribution in [0.15, 0.2) is 24.3 Å². The molecule has 0 saturated heterocycles. The van der Waals surface area contributed by atoms with Gasteiger partial charge in [-0.05, 0) is 35.4 Å². The van der Waals surface area contributed by atoms with Crippen LogP contribution in [0.1, 0.15) is 58.7 Å². The van der Waals surface area contributed by atoms with Gasteiger partial charge in [0.15, 0.2) is 0 Å². The van der Waals surface area contributed by atoms with Crippen LogP contribution in [0.5, 0.6) is 0 Å². The fourth-order valence-electron chi connectivity index (χ4n) is 2.99. The van der Waals surface area contributed by atoms with Gasteiger partial charge in [-0.1, -0.05) is 65.8 Å². The van der Waals surface area contributed by atoms with Gasteiger partial charge in [-0.2, -0.15) is 0 Å². The van der Waals surface area contributed by atoms with Gasteiger partial charge in [0.05, 0.1) is 12.1 Å². The molecule has 2 heteroatoms. The number of nitrogens with one attached hydrogen (secondary N) is 1. The Hall–Kier alpha value is -0.860.